The fourth-order valence-corrected chi connectivity index (χ4v) is 9.73. The lowest BCUT2D eigenvalue weighted by Crippen LogP contribution is -2.48. The maximum atomic E-state index is 13.8. The predicted octanol–water partition coefficient (Wildman–Crippen LogP) is 3.40. The number of aliphatic hydroxyl groups excluding tert-OH is 1. The highest BCUT2D eigenvalue weighted by molar-refractivity contribution is 14.1. The molecule has 36 heavy (non-hydrogen) atoms. The average Bonchev–Trinajstić information content (AvgIpc) is 3.24. The van der Waals surface area contributed by atoms with Crippen LogP contribution in [0.4, 0.5) is 5.69 Å². The number of amides is 2. The first-order chi connectivity index (χ1) is 17.0. The van der Waals surface area contributed by atoms with Crippen molar-refractivity contribution in [2.75, 3.05) is 18.6 Å². The van der Waals surface area contributed by atoms with Crippen LogP contribution in [-0.2, 0) is 32.9 Å². The molecule has 5 rings (SSSR count). The molecular weight excluding hydrogens is 587 g/mol. The van der Waals surface area contributed by atoms with Crippen molar-refractivity contribution in [2.24, 2.45) is 5.92 Å². The minimum atomic E-state index is -2.85. The molecule has 2 aromatic rings. The molecule has 0 aromatic heterocycles. The van der Waals surface area contributed by atoms with Crippen LogP contribution in [0.5, 0.6) is 0 Å². The number of hydrogen-bond acceptors (Lipinski definition) is 5. The average molecular weight is 621 g/mol. The fraction of sp³-hybridized carbons (Fsp3) is 0.481. The van der Waals surface area contributed by atoms with Gasteiger partial charge in [-0.25, -0.2) is 0 Å². The van der Waals surface area contributed by atoms with E-state index in [1.807, 2.05) is 62.5 Å². The molecule has 1 spiro atoms. The quantitative estimate of drug-likeness (QED) is 0.404. The van der Waals surface area contributed by atoms with Crippen LogP contribution in [0.15, 0.2) is 42.5 Å². The van der Waals surface area contributed by atoms with Gasteiger partial charge >= 0.3 is 0 Å². The number of carbonyl (C=O) groups excluding carboxylic acids is 2. The van der Waals surface area contributed by atoms with Crippen LogP contribution in [0.25, 0.3) is 0 Å². The predicted molar refractivity (Wildman–Crippen MR) is 148 cm³/mol. The Morgan fingerprint density at radius 3 is 2.58 bits per heavy atom. The zero-order chi connectivity index (χ0) is 26.0. The summed E-state index contributed by atoms with van der Waals surface area (Å²) in [6.45, 7) is 6.02. The number of halogens is 1. The van der Waals surface area contributed by atoms with E-state index in [1.54, 1.807) is 16.8 Å². The Labute approximate surface area is 226 Å². The summed E-state index contributed by atoms with van der Waals surface area (Å²) in [6, 6.07) is 13.6. The Bertz CT molecular complexity index is 1220. The Morgan fingerprint density at radius 1 is 1.22 bits per heavy atom. The van der Waals surface area contributed by atoms with Crippen LogP contribution >= 0.6 is 22.6 Å². The molecule has 1 fully saturated rings. The molecule has 2 N–H and O–H groups in total. The fourth-order valence-electron chi connectivity index (χ4n) is 6.69. The van der Waals surface area contributed by atoms with E-state index in [1.165, 1.54) is 0 Å². The van der Waals surface area contributed by atoms with Crippen molar-refractivity contribution in [1.82, 2.24) is 4.90 Å². The van der Waals surface area contributed by atoms with E-state index in [0.717, 1.165) is 25.9 Å². The lowest BCUT2D eigenvalue weighted by atomic mass is 9.82. The molecule has 0 radical (unpaired) electrons. The lowest BCUT2D eigenvalue weighted by Gasteiger charge is -2.37. The number of ether oxygens (including phenoxy) is 1. The largest absolute Gasteiger partial charge is 0.432 e. The standard InChI is InChI=1S/C27H33IN2O5Si/c1-16-25(36(3,4)34)23(35-27(16)21-12-19(28)9-10-22(21)29(2)26(27)33)13-24(32)30-14-18-8-6-5-7-17(18)11-20(30)15-31/h5-10,12,16,20,23,25,31,34H,11,13-15H2,1-4H3/t16-,20-,23+,25-,27+/m0/s1. The molecule has 9 heteroatoms. The Balaban J connectivity index is 1.49. The van der Waals surface area contributed by atoms with Gasteiger partial charge in [0.05, 0.1) is 30.9 Å². The first kappa shape index (κ1) is 25.8. The molecule has 0 bridgehead atoms. The topological polar surface area (TPSA) is 90.3 Å². The van der Waals surface area contributed by atoms with Crippen molar-refractivity contribution < 1.29 is 24.2 Å². The summed E-state index contributed by atoms with van der Waals surface area (Å²) >= 11 is 2.24. The molecule has 3 aliphatic heterocycles. The van der Waals surface area contributed by atoms with Crippen molar-refractivity contribution in [3.8, 4) is 0 Å². The highest BCUT2D eigenvalue weighted by Crippen LogP contribution is 2.59. The number of nitrogens with zero attached hydrogens (tertiary/aromatic N) is 2. The molecule has 192 valence electrons. The van der Waals surface area contributed by atoms with Gasteiger partial charge in [-0.3, -0.25) is 9.59 Å². The summed E-state index contributed by atoms with van der Waals surface area (Å²) in [5, 5.41) is 10.1. The van der Waals surface area contributed by atoms with E-state index in [9.17, 15) is 19.5 Å². The number of rotatable bonds is 4. The molecule has 1 saturated heterocycles. The number of anilines is 1. The van der Waals surface area contributed by atoms with Crippen LogP contribution in [0.2, 0.25) is 18.6 Å². The molecule has 5 atom stereocenters. The highest BCUT2D eigenvalue weighted by atomic mass is 127. The van der Waals surface area contributed by atoms with Gasteiger partial charge in [-0.05, 0) is 71.4 Å². The van der Waals surface area contributed by atoms with E-state index < -0.39 is 20.0 Å². The molecule has 7 nitrogen and oxygen atoms in total. The maximum Gasteiger partial charge on any atom is 0.264 e. The van der Waals surface area contributed by atoms with Crippen molar-refractivity contribution in [1.29, 1.82) is 0 Å². The molecular formula is C27H33IN2O5Si. The van der Waals surface area contributed by atoms with Crippen LogP contribution in [0.1, 0.15) is 30.0 Å². The summed E-state index contributed by atoms with van der Waals surface area (Å²) in [6.07, 6.45) is 0.0583. The summed E-state index contributed by atoms with van der Waals surface area (Å²) in [5.41, 5.74) is 2.32. The first-order valence-corrected chi connectivity index (χ1v) is 16.5. The number of hydrogen-bond donors (Lipinski definition) is 2. The van der Waals surface area contributed by atoms with Gasteiger partial charge in [0.15, 0.2) is 13.9 Å². The number of likely N-dealkylation sites (N-methyl/N-ethyl adjacent to an activating group) is 1. The van der Waals surface area contributed by atoms with Gasteiger partial charge in [0.1, 0.15) is 0 Å². The molecule has 0 unspecified atom stereocenters. The van der Waals surface area contributed by atoms with Crippen LogP contribution < -0.4 is 4.90 Å². The smallest absolute Gasteiger partial charge is 0.264 e. The molecule has 3 heterocycles. The number of aliphatic hydroxyl groups is 1. The van der Waals surface area contributed by atoms with Gasteiger partial charge in [-0.1, -0.05) is 31.2 Å². The summed E-state index contributed by atoms with van der Waals surface area (Å²) in [4.78, 5) is 42.2. The summed E-state index contributed by atoms with van der Waals surface area (Å²) in [7, 11) is -1.09. The van der Waals surface area contributed by atoms with Crippen LogP contribution in [0.3, 0.4) is 0 Å². The minimum absolute atomic E-state index is 0.0582. The van der Waals surface area contributed by atoms with Gasteiger partial charge in [-0.15, -0.1) is 0 Å². The number of carbonyl (C=O) groups is 2. The van der Waals surface area contributed by atoms with Crippen molar-refractivity contribution in [3.63, 3.8) is 0 Å². The second kappa shape index (κ2) is 9.19. The molecule has 3 aliphatic rings. The molecule has 0 saturated carbocycles. The summed E-state index contributed by atoms with van der Waals surface area (Å²) in [5.74, 6) is -0.569. The van der Waals surface area contributed by atoms with Crippen molar-refractivity contribution >= 4 is 48.4 Å². The van der Waals surface area contributed by atoms with Gasteiger partial charge in [0.2, 0.25) is 5.91 Å². The van der Waals surface area contributed by atoms with Gasteiger partial charge in [-0.2, -0.15) is 0 Å². The zero-order valence-corrected chi connectivity index (χ0v) is 24.2. The van der Waals surface area contributed by atoms with Gasteiger partial charge < -0.3 is 24.4 Å². The van der Waals surface area contributed by atoms with E-state index >= 15 is 0 Å². The van der Waals surface area contributed by atoms with Gasteiger partial charge in [0.25, 0.3) is 5.91 Å². The second-order valence-electron chi connectivity index (χ2n) is 10.9. The Kier molecular flexibility index (Phi) is 6.60. The lowest BCUT2D eigenvalue weighted by molar-refractivity contribution is -0.150. The number of benzene rings is 2. The van der Waals surface area contributed by atoms with Crippen LogP contribution in [-0.4, -0.2) is 60.7 Å². The SMILES string of the molecule is C[C@H]1[C@H]([Si](C)(C)O)[C@@H](CC(=O)N2Cc3ccccc3C[C@H]2CO)O[C@]12C(=O)N(C)c1ccc(I)cc12. The minimum Gasteiger partial charge on any atom is -0.432 e. The molecule has 0 aliphatic carbocycles. The van der Waals surface area contributed by atoms with Gasteiger partial charge in [0, 0.05) is 34.2 Å². The van der Waals surface area contributed by atoms with Crippen LogP contribution in [0, 0.1) is 9.49 Å². The van der Waals surface area contributed by atoms with E-state index in [2.05, 4.69) is 22.6 Å². The highest BCUT2D eigenvalue weighted by Gasteiger charge is 2.66. The maximum absolute atomic E-state index is 13.8. The monoisotopic (exact) mass is 620 g/mol. The van der Waals surface area contributed by atoms with E-state index in [4.69, 9.17) is 4.74 Å². The first-order valence-electron chi connectivity index (χ1n) is 12.4. The summed E-state index contributed by atoms with van der Waals surface area (Å²) < 4.78 is 7.69. The zero-order valence-electron chi connectivity index (χ0n) is 21.1. The second-order valence-corrected chi connectivity index (χ2v) is 16.1. The van der Waals surface area contributed by atoms with Crippen molar-refractivity contribution in [3.05, 3.63) is 62.7 Å². The number of fused-ring (bicyclic) bond motifs is 3. The molecule has 2 aromatic carbocycles. The normalized spacial score (nSPS) is 29.6. The van der Waals surface area contributed by atoms with Crippen molar-refractivity contribution in [2.45, 2.75) is 62.7 Å². The third-order valence-electron chi connectivity index (χ3n) is 8.34. The Morgan fingerprint density at radius 2 is 1.92 bits per heavy atom. The van der Waals surface area contributed by atoms with E-state index in [0.29, 0.717) is 13.0 Å². The molecule has 2 amide bonds. The Hall–Kier alpha value is -1.79. The third kappa shape index (κ3) is 3.94. The van der Waals surface area contributed by atoms with E-state index in [-0.39, 0.29) is 42.3 Å². The third-order valence-corrected chi connectivity index (χ3v) is 11.5.